The van der Waals surface area contributed by atoms with Crippen molar-refractivity contribution in [2.45, 2.75) is 25.4 Å². The van der Waals surface area contributed by atoms with Crippen LogP contribution in [0.2, 0.25) is 0 Å². The van der Waals surface area contributed by atoms with E-state index in [0.717, 1.165) is 13.0 Å². The van der Waals surface area contributed by atoms with Crippen molar-refractivity contribution in [3.05, 3.63) is 24.3 Å². The van der Waals surface area contributed by atoms with Crippen LogP contribution in [0.1, 0.15) is 18.7 Å². The maximum Gasteiger partial charge on any atom is 0.241 e. The van der Waals surface area contributed by atoms with Crippen molar-refractivity contribution >= 4 is 0 Å². The van der Waals surface area contributed by atoms with E-state index in [1.54, 1.807) is 12.3 Å². The van der Waals surface area contributed by atoms with Gasteiger partial charge in [-0.2, -0.15) is 4.98 Å². The van der Waals surface area contributed by atoms with Crippen LogP contribution in [0.15, 0.2) is 27.3 Å². The first-order valence-electron chi connectivity index (χ1n) is 6.17. The molecule has 0 radical (unpaired) electrons. The molecular weight excluding hydrogens is 232 g/mol. The van der Waals surface area contributed by atoms with Gasteiger partial charge in [-0.15, -0.1) is 0 Å². The third kappa shape index (κ3) is 2.16. The smallest absolute Gasteiger partial charge is 0.241 e. The van der Waals surface area contributed by atoms with Crippen LogP contribution in [-0.4, -0.2) is 34.2 Å². The van der Waals surface area contributed by atoms with Gasteiger partial charge in [0.05, 0.1) is 12.8 Å². The molecule has 1 saturated heterocycles. The molecule has 18 heavy (non-hydrogen) atoms. The average molecular weight is 248 g/mol. The second kappa shape index (κ2) is 4.91. The van der Waals surface area contributed by atoms with Gasteiger partial charge in [-0.1, -0.05) is 5.16 Å². The van der Waals surface area contributed by atoms with Gasteiger partial charge in [-0.3, -0.25) is 4.90 Å². The zero-order chi connectivity index (χ0) is 12.4. The Bertz CT molecular complexity index is 494. The molecule has 2 aromatic rings. The normalized spacial score (nSPS) is 20.6. The topological polar surface area (TPSA) is 81.3 Å². The predicted octanol–water partition coefficient (Wildman–Crippen LogP) is 1.25. The lowest BCUT2D eigenvalue weighted by Crippen LogP contribution is -2.34. The summed E-state index contributed by atoms with van der Waals surface area (Å²) >= 11 is 0. The zero-order valence-corrected chi connectivity index (χ0v) is 10.1. The Kier molecular flexibility index (Phi) is 3.12. The first-order valence-corrected chi connectivity index (χ1v) is 6.17. The second-order valence-electron chi connectivity index (χ2n) is 4.49. The molecule has 1 atom stereocenters. The third-order valence-electron chi connectivity index (χ3n) is 3.32. The predicted molar refractivity (Wildman–Crippen MR) is 64.5 cm³/mol. The van der Waals surface area contributed by atoms with Crippen molar-refractivity contribution in [1.82, 2.24) is 15.0 Å². The molecule has 0 saturated carbocycles. The highest BCUT2D eigenvalue weighted by Gasteiger charge is 2.25. The minimum Gasteiger partial charge on any atom is -0.461 e. The molecule has 6 nitrogen and oxygen atoms in total. The standard InChI is InChI=1S/C12H16N4O2/c13-7-9-3-1-5-16(9)8-11-14-12(15-18-11)10-4-2-6-17-10/h2,4,6,9H,1,3,5,7-8,13H2. The highest BCUT2D eigenvalue weighted by Crippen LogP contribution is 2.20. The highest BCUT2D eigenvalue weighted by atomic mass is 16.5. The molecule has 1 fully saturated rings. The van der Waals surface area contributed by atoms with Gasteiger partial charge in [0.25, 0.3) is 0 Å². The number of likely N-dealkylation sites (tertiary alicyclic amines) is 1. The van der Waals surface area contributed by atoms with Crippen molar-refractivity contribution < 1.29 is 8.94 Å². The maximum atomic E-state index is 5.74. The highest BCUT2D eigenvalue weighted by molar-refractivity contribution is 5.44. The number of hydrogen-bond acceptors (Lipinski definition) is 6. The molecule has 0 aliphatic carbocycles. The lowest BCUT2D eigenvalue weighted by molar-refractivity contribution is 0.214. The van der Waals surface area contributed by atoms with E-state index in [1.807, 2.05) is 6.07 Å². The Morgan fingerprint density at radius 1 is 1.50 bits per heavy atom. The first kappa shape index (κ1) is 11.4. The van der Waals surface area contributed by atoms with Crippen LogP contribution >= 0.6 is 0 Å². The van der Waals surface area contributed by atoms with E-state index in [2.05, 4.69) is 15.0 Å². The van der Waals surface area contributed by atoms with Crippen LogP contribution in [0.3, 0.4) is 0 Å². The molecular formula is C12H16N4O2. The molecule has 2 aromatic heterocycles. The molecule has 1 aliphatic heterocycles. The van der Waals surface area contributed by atoms with Gasteiger partial charge < -0.3 is 14.7 Å². The lowest BCUT2D eigenvalue weighted by Gasteiger charge is -2.20. The summed E-state index contributed by atoms with van der Waals surface area (Å²) in [6.45, 7) is 2.38. The molecule has 96 valence electrons. The molecule has 0 amide bonds. The molecule has 1 aliphatic rings. The van der Waals surface area contributed by atoms with Crippen molar-refractivity contribution in [2.24, 2.45) is 5.73 Å². The Labute approximate surface area is 105 Å². The van der Waals surface area contributed by atoms with Crippen LogP contribution in [0.25, 0.3) is 11.6 Å². The Hall–Kier alpha value is -1.66. The van der Waals surface area contributed by atoms with Gasteiger partial charge in [-0.05, 0) is 31.5 Å². The van der Waals surface area contributed by atoms with E-state index >= 15 is 0 Å². The molecule has 3 rings (SSSR count). The van der Waals surface area contributed by atoms with Crippen LogP contribution in [0, 0.1) is 0 Å². The fourth-order valence-electron chi connectivity index (χ4n) is 2.37. The molecule has 3 heterocycles. The number of aromatic nitrogens is 2. The summed E-state index contributed by atoms with van der Waals surface area (Å²) < 4.78 is 10.5. The fourth-order valence-corrected chi connectivity index (χ4v) is 2.37. The number of furan rings is 1. The average Bonchev–Trinajstić information content (AvgIpc) is 3.10. The zero-order valence-electron chi connectivity index (χ0n) is 10.1. The number of hydrogen-bond donors (Lipinski definition) is 1. The number of rotatable bonds is 4. The summed E-state index contributed by atoms with van der Waals surface area (Å²) in [5.41, 5.74) is 5.74. The van der Waals surface area contributed by atoms with Crippen LogP contribution < -0.4 is 5.73 Å². The minimum atomic E-state index is 0.434. The summed E-state index contributed by atoms with van der Waals surface area (Å²) in [5, 5.41) is 3.91. The molecule has 0 bridgehead atoms. The van der Waals surface area contributed by atoms with Gasteiger partial charge in [0.2, 0.25) is 11.7 Å². The van der Waals surface area contributed by atoms with Crippen molar-refractivity contribution in [3.63, 3.8) is 0 Å². The van der Waals surface area contributed by atoms with Gasteiger partial charge in [0.1, 0.15) is 0 Å². The molecule has 2 N–H and O–H groups in total. The number of nitrogens with zero attached hydrogens (tertiary/aromatic N) is 3. The monoisotopic (exact) mass is 248 g/mol. The fraction of sp³-hybridized carbons (Fsp3) is 0.500. The molecule has 0 aromatic carbocycles. The van der Waals surface area contributed by atoms with Crippen LogP contribution in [0.5, 0.6) is 0 Å². The second-order valence-corrected chi connectivity index (χ2v) is 4.49. The Morgan fingerprint density at radius 3 is 3.22 bits per heavy atom. The van der Waals surface area contributed by atoms with Crippen LogP contribution in [-0.2, 0) is 6.54 Å². The lowest BCUT2D eigenvalue weighted by atomic mass is 10.2. The van der Waals surface area contributed by atoms with E-state index in [-0.39, 0.29) is 0 Å². The molecule has 6 heteroatoms. The quantitative estimate of drug-likeness (QED) is 0.877. The van der Waals surface area contributed by atoms with E-state index in [0.29, 0.717) is 36.6 Å². The summed E-state index contributed by atoms with van der Waals surface area (Å²) in [6.07, 6.45) is 3.92. The molecule has 1 unspecified atom stereocenters. The van der Waals surface area contributed by atoms with Gasteiger partial charge in [0.15, 0.2) is 5.76 Å². The Balaban J connectivity index is 1.70. The van der Waals surface area contributed by atoms with Gasteiger partial charge in [-0.25, -0.2) is 0 Å². The summed E-state index contributed by atoms with van der Waals surface area (Å²) in [6, 6.07) is 4.05. The number of nitrogens with two attached hydrogens (primary N) is 1. The SMILES string of the molecule is NCC1CCCN1Cc1nc(-c2ccco2)no1. The molecule has 0 spiro atoms. The first-order chi connectivity index (χ1) is 8.86. The van der Waals surface area contributed by atoms with Gasteiger partial charge >= 0.3 is 0 Å². The van der Waals surface area contributed by atoms with E-state index in [1.165, 1.54) is 6.42 Å². The summed E-state index contributed by atoms with van der Waals surface area (Å²) in [7, 11) is 0. The van der Waals surface area contributed by atoms with E-state index in [9.17, 15) is 0 Å². The maximum absolute atomic E-state index is 5.74. The van der Waals surface area contributed by atoms with E-state index < -0.39 is 0 Å². The van der Waals surface area contributed by atoms with Crippen molar-refractivity contribution in [3.8, 4) is 11.6 Å². The van der Waals surface area contributed by atoms with Crippen LogP contribution in [0.4, 0.5) is 0 Å². The minimum absolute atomic E-state index is 0.434. The van der Waals surface area contributed by atoms with E-state index in [4.69, 9.17) is 14.7 Å². The summed E-state index contributed by atoms with van der Waals surface area (Å²) in [4.78, 5) is 6.62. The summed E-state index contributed by atoms with van der Waals surface area (Å²) in [5.74, 6) is 1.74. The third-order valence-corrected chi connectivity index (χ3v) is 3.32. The van der Waals surface area contributed by atoms with Crippen molar-refractivity contribution in [1.29, 1.82) is 0 Å². The van der Waals surface area contributed by atoms with Crippen molar-refractivity contribution in [2.75, 3.05) is 13.1 Å². The Morgan fingerprint density at radius 2 is 2.44 bits per heavy atom. The largest absolute Gasteiger partial charge is 0.461 e. The van der Waals surface area contributed by atoms with Gasteiger partial charge in [0, 0.05) is 12.6 Å².